The van der Waals surface area contributed by atoms with Crippen molar-refractivity contribution in [2.75, 3.05) is 0 Å². The van der Waals surface area contributed by atoms with Crippen LogP contribution in [0.25, 0.3) is 10.9 Å². The molecule has 0 aliphatic carbocycles. The summed E-state index contributed by atoms with van der Waals surface area (Å²) in [4.78, 5) is 16.8. The van der Waals surface area contributed by atoms with Crippen LogP contribution >= 0.6 is 0 Å². The maximum absolute atomic E-state index is 13.3. The molecule has 6 nitrogen and oxygen atoms in total. The van der Waals surface area contributed by atoms with Crippen molar-refractivity contribution in [2.45, 2.75) is 45.0 Å². The maximum atomic E-state index is 13.3. The molecule has 0 saturated carbocycles. The first-order valence-corrected chi connectivity index (χ1v) is 9.36. The van der Waals surface area contributed by atoms with Crippen molar-refractivity contribution in [3.05, 3.63) is 59.0 Å². The zero-order chi connectivity index (χ0) is 22.3. The summed E-state index contributed by atoms with van der Waals surface area (Å²) in [6.45, 7) is 3.75. The molecule has 0 spiro atoms. The van der Waals surface area contributed by atoms with Gasteiger partial charge in [-0.3, -0.25) is 14.5 Å². The lowest BCUT2D eigenvalue weighted by Gasteiger charge is -2.27. The van der Waals surface area contributed by atoms with E-state index in [4.69, 9.17) is 0 Å². The molecule has 0 aliphatic rings. The van der Waals surface area contributed by atoms with Gasteiger partial charge >= 0.3 is 6.18 Å². The molecule has 2 heterocycles. The van der Waals surface area contributed by atoms with Gasteiger partial charge in [-0.05, 0) is 45.0 Å². The second kappa shape index (κ2) is 7.71. The smallest absolute Gasteiger partial charge is 0.390 e. The minimum Gasteiger partial charge on any atom is -0.390 e. The predicted octanol–water partition coefficient (Wildman–Crippen LogP) is 3.79. The molecule has 0 saturated heterocycles. The number of aliphatic hydroxyl groups is 1. The zero-order valence-corrected chi connectivity index (χ0v) is 17.1. The van der Waals surface area contributed by atoms with E-state index in [1.807, 2.05) is 0 Å². The van der Waals surface area contributed by atoms with Gasteiger partial charge in [-0.15, -0.1) is 0 Å². The van der Waals surface area contributed by atoms with E-state index in [1.54, 1.807) is 30.9 Å². The van der Waals surface area contributed by atoms with Crippen molar-refractivity contribution in [1.82, 2.24) is 20.1 Å². The molecule has 9 heteroatoms. The average molecular weight is 420 g/mol. The molecule has 0 fully saturated rings. The Morgan fingerprint density at radius 3 is 2.57 bits per heavy atom. The lowest BCUT2D eigenvalue weighted by atomic mass is 9.87. The summed E-state index contributed by atoms with van der Waals surface area (Å²) < 4.78 is 41.4. The van der Waals surface area contributed by atoms with E-state index < -0.39 is 17.6 Å². The van der Waals surface area contributed by atoms with Gasteiger partial charge in [0.2, 0.25) is 0 Å². The van der Waals surface area contributed by atoms with Crippen LogP contribution in [0.15, 0.2) is 36.5 Å². The Morgan fingerprint density at radius 1 is 1.23 bits per heavy atom. The largest absolute Gasteiger partial charge is 0.399 e. The summed E-state index contributed by atoms with van der Waals surface area (Å²) in [5.41, 5.74) is -0.125. The molecule has 3 rings (SSSR count). The van der Waals surface area contributed by atoms with E-state index in [2.05, 4.69) is 15.4 Å². The molecule has 0 unspecified atom stereocenters. The number of amides is 1. The number of hydrogen-bond acceptors (Lipinski definition) is 4. The molecule has 3 aromatic rings. The second-order valence-electron chi connectivity index (χ2n) is 7.75. The van der Waals surface area contributed by atoms with Crippen molar-refractivity contribution in [2.24, 2.45) is 7.05 Å². The normalized spacial score (nSPS) is 13.5. The number of benzene rings is 1. The molecule has 1 amide bonds. The molecule has 1 aromatic carbocycles. The van der Waals surface area contributed by atoms with E-state index in [1.165, 1.54) is 24.3 Å². The number of alkyl halides is 3. The van der Waals surface area contributed by atoms with Gasteiger partial charge in [0.05, 0.1) is 35.8 Å². The summed E-state index contributed by atoms with van der Waals surface area (Å²) in [5, 5.41) is 17.0. The Morgan fingerprint density at radius 2 is 1.93 bits per heavy atom. The molecule has 160 valence electrons. The molecule has 30 heavy (non-hydrogen) atoms. The third kappa shape index (κ3) is 3.89. The highest BCUT2D eigenvalue weighted by Gasteiger charge is 2.49. The first-order valence-electron chi connectivity index (χ1n) is 9.36. The lowest BCUT2D eigenvalue weighted by molar-refractivity contribution is -0.181. The summed E-state index contributed by atoms with van der Waals surface area (Å²) in [7, 11) is 1.70. The molecular formula is C21H23F3N4O2. The van der Waals surface area contributed by atoms with Crippen LogP contribution in [0.2, 0.25) is 0 Å². The Bertz CT molecular complexity index is 1090. The zero-order valence-electron chi connectivity index (χ0n) is 17.1. The average Bonchev–Trinajstić information content (AvgIpc) is 3.06. The fraction of sp³-hybridized carbons (Fsp3) is 0.381. The standard InChI is InChI=1S/C21H23F3N4O2/c1-12(15-10-25-28(4)17(15)11-29)26-19(30)14-5-7-16-13(9-14)6-8-18(27-16)20(2,3)21(22,23)24/h5-10,12,29H,11H2,1-4H3,(H,26,30)/t12-/m1/s1. The number of nitrogens with one attached hydrogen (secondary N) is 1. The topological polar surface area (TPSA) is 80.0 Å². The highest BCUT2D eigenvalue weighted by atomic mass is 19.4. The van der Waals surface area contributed by atoms with Crippen molar-refractivity contribution < 1.29 is 23.1 Å². The molecule has 2 N–H and O–H groups in total. The number of rotatable bonds is 5. The quantitative estimate of drug-likeness (QED) is 0.658. The van der Waals surface area contributed by atoms with E-state index in [-0.39, 0.29) is 18.2 Å². The van der Waals surface area contributed by atoms with Gasteiger partial charge in [0.25, 0.3) is 5.91 Å². The minimum absolute atomic E-state index is 0.0820. The van der Waals surface area contributed by atoms with Crippen molar-refractivity contribution in [3.63, 3.8) is 0 Å². The van der Waals surface area contributed by atoms with Gasteiger partial charge in [0, 0.05) is 23.6 Å². The minimum atomic E-state index is -4.43. The number of aliphatic hydroxyl groups excluding tert-OH is 1. The SMILES string of the molecule is C[C@@H](NC(=O)c1ccc2nc(C(C)(C)C(F)(F)F)ccc2c1)c1cnn(C)c1CO. The highest BCUT2D eigenvalue weighted by Crippen LogP contribution is 2.39. The number of halogens is 3. The summed E-state index contributed by atoms with van der Waals surface area (Å²) in [6, 6.07) is 7.13. The molecular weight excluding hydrogens is 397 g/mol. The summed E-state index contributed by atoms with van der Waals surface area (Å²) in [5.74, 6) is -0.350. The number of aromatic nitrogens is 3. The van der Waals surface area contributed by atoms with Crippen LogP contribution in [-0.4, -0.2) is 32.0 Å². The number of aryl methyl sites for hydroxylation is 1. The third-order valence-electron chi connectivity index (χ3n) is 5.36. The Balaban J connectivity index is 1.85. The van der Waals surface area contributed by atoms with Gasteiger partial charge in [-0.1, -0.05) is 6.07 Å². The molecule has 0 bridgehead atoms. The predicted molar refractivity (Wildman–Crippen MR) is 106 cm³/mol. The molecule has 0 aliphatic heterocycles. The van der Waals surface area contributed by atoms with Crippen LogP contribution in [0.3, 0.4) is 0 Å². The first kappa shape index (κ1) is 21.8. The highest BCUT2D eigenvalue weighted by molar-refractivity contribution is 5.98. The van der Waals surface area contributed by atoms with Crippen LogP contribution in [0.1, 0.15) is 54.1 Å². The lowest BCUT2D eigenvalue weighted by Crippen LogP contribution is -2.37. The van der Waals surface area contributed by atoms with Gasteiger partial charge in [0.15, 0.2) is 0 Å². The summed E-state index contributed by atoms with van der Waals surface area (Å²) in [6.07, 6.45) is -2.84. The van der Waals surface area contributed by atoms with Crippen molar-refractivity contribution >= 4 is 16.8 Å². The van der Waals surface area contributed by atoms with Gasteiger partial charge in [0.1, 0.15) is 5.41 Å². The molecule has 0 radical (unpaired) electrons. The van der Waals surface area contributed by atoms with Crippen LogP contribution in [-0.2, 0) is 19.1 Å². The van der Waals surface area contributed by atoms with E-state index in [0.29, 0.717) is 27.7 Å². The maximum Gasteiger partial charge on any atom is 0.399 e. The fourth-order valence-electron chi connectivity index (χ4n) is 3.15. The van der Waals surface area contributed by atoms with Crippen LogP contribution in [0.5, 0.6) is 0 Å². The Kier molecular flexibility index (Phi) is 5.60. The number of carbonyl (C=O) groups is 1. The fourth-order valence-corrected chi connectivity index (χ4v) is 3.15. The van der Waals surface area contributed by atoms with Gasteiger partial charge in [-0.25, -0.2) is 0 Å². The second-order valence-corrected chi connectivity index (χ2v) is 7.75. The number of hydrogen-bond donors (Lipinski definition) is 2. The van der Waals surface area contributed by atoms with E-state index >= 15 is 0 Å². The van der Waals surface area contributed by atoms with Crippen molar-refractivity contribution in [3.8, 4) is 0 Å². The summed E-state index contributed by atoms with van der Waals surface area (Å²) >= 11 is 0. The van der Waals surface area contributed by atoms with Crippen LogP contribution in [0, 0.1) is 0 Å². The van der Waals surface area contributed by atoms with Gasteiger partial charge < -0.3 is 10.4 Å². The van der Waals surface area contributed by atoms with Crippen LogP contribution in [0.4, 0.5) is 13.2 Å². The monoisotopic (exact) mass is 420 g/mol. The molecule has 1 atom stereocenters. The number of fused-ring (bicyclic) bond motifs is 1. The Labute approximate surface area is 171 Å². The number of pyridine rings is 1. The van der Waals surface area contributed by atoms with Crippen LogP contribution < -0.4 is 5.32 Å². The number of nitrogens with zero attached hydrogens (tertiary/aromatic N) is 3. The van der Waals surface area contributed by atoms with E-state index in [9.17, 15) is 23.1 Å². The Hall–Kier alpha value is -2.94. The molecule has 2 aromatic heterocycles. The van der Waals surface area contributed by atoms with Gasteiger partial charge in [-0.2, -0.15) is 18.3 Å². The van der Waals surface area contributed by atoms with E-state index in [0.717, 1.165) is 13.8 Å². The first-order chi connectivity index (χ1) is 14.0. The van der Waals surface area contributed by atoms with Crippen molar-refractivity contribution in [1.29, 1.82) is 0 Å². The third-order valence-corrected chi connectivity index (χ3v) is 5.36. The number of carbonyl (C=O) groups excluding carboxylic acids is 1.